The van der Waals surface area contributed by atoms with Crippen molar-refractivity contribution in [3.8, 4) is 0 Å². The number of hydrogen-bond donors (Lipinski definition) is 1. The predicted octanol–water partition coefficient (Wildman–Crippen LogP) is 2.94. The van der Waals surface area contributed by atoms with E-state index in [1.165, 1.54) is 12.0 Å². The Morgan fingerprint density at radius 1 is 1.53 bits per heavy atom. The minimum atomic E-state index is -0.380. The van der Waals surface area contributed by atoms with E-state index in [-0.39, 0.29) is 5.97 Å². The van der Waals surface area contributed by atoms with Crippen LogP contribution in [0.25, 0.3) is 0 Å². The third-order valence-electron chi connectivity index (χ3n) is 2.64. The van der Waals surface area contributed by atoms with Crippen LogP contribution in [0.15, 0.2) is 18.3 Å². The Morgan fingerprint density at radius 2 is 2.32 bits per heavy atom. The molecule has 100 valence electrons. The van der Waals surface area contributed by atoms with Gasteiger partial charge in [0.1, 0.15) is 5.82 Å². The summed E-state index contributed by atoms with van der Waals surface area (Å²) in [6.07, 6.45) is 2.47. The summed E-state index contributed by atoms with van der Waals surface area (Å²) < 4.78 is 4.67. The van der Waals surface area contributed by atoms with Gasteiger partial charge in [-0.15, -0.1) is 11.3 Å². The van der Waals surface area contributed by atoms with Crippen molar-refractivity contribution in [1.29, 1.82) is 0 Å². The first-order valence-electron chi connectivity index (χ1n) is 5.91. The summed E-state index contributed by atoms with van der Waals surface area (Å²) in [5.74, 6) is 0.203. The Morgan fingerprint density at radius 3 is 2.95 bits per heavy atom. The van der Waals surface area contributed by atoms with Gasteiger partial charge in [-0.3, -0.25) is 0 Å². The molecule has 0 atom stereocenters. The number of pyridine rings is 1. The minimum Gasteiger partial charge on any atom is -0.465 e. The van der Waals surface area contributed by atoms with Crippen molar-refractivity contribution in [2.45, 2.75) is 20.3 Å². The van der Waals surface area contributed by atoms with E-state index < -0.39 is 0 Å². The summed E-state index contributed by atoms with van der Waals surface area (Å²) >= 11 is 1.58. The van der Waals surface area contributed by atoms with Gasteiger partial charge in [-0.1, -0.05) is 6.92 Å². The van der Waals surface area contributed by atoms with Crippen molar-refractivity contribution in [3.63, 3.8) is 0 Å². The predicted molar refractivity (Wildman–Crippen MR) is 75.1 cm³/mol. The van der Waals surface area contributed by atoms with Crippen molar-refractivity contribution >= 4 is 28.3 Å². The highest BCUT2D eigenvalue weighted by molar-refractivity contribution is 7.15. The third kappa shape index (κ3) is 3.08. The lowest BCUT2D eigenvalue weighted by Gasteiger charge is -2.03. The Bertz CT molecular complexity index is 595. The first kappa shape index (κ1) is 13.5. The number of carbonyl (C=O) groups excluding carboxylic acids is 1. The van der Waals surface area contributed by atoms with Crippen LogP contribution in [-0.2, 0) is 11.2 Å². The van der Waals surface area contributed by atoms with E-state index in [2.05, 4.69) is 26.9 Å². The topological polar surface area (TPSA) is 64.1 Å². The lowest BCUT2D eigenvalue weighted by molar-refractivity contribution is 0.0600. The fraction of sp³-hybridized carbons (Fsp3) is 0.308. The number of aryl methyl sites for hydroxylation is 2. The van der Waals surface area contributed by atoms with Crippen LogP contribution in [0.4, 0.5) is 10.9 Å². The SMILES string of the molecule is CCc1nc(Nc2cc(C(=O)OC)ccn2)sc1C. The van der Waals surface area contributed by atoms with Crippen LogP contribution >= 0.6 is 11.3 Å². The lowest BCUT2D eigenvalue weighted by atomic mass is 10.2. The molecule has 2 aromatic heterocycles. The second kappa shape index (κ2) is 5.79. The smallest absolute Gasteiger partial charge is 0.338 e. The fourth-order valence-electron chi connectivity index (χ4n) is 1.66. The van der Waals surface area contributed by atoms with Gasteiger partial charge in [0.15, 0.2) is 5.13 Å². The molecule has 0 aliphatic heterocycles. The summed E-state index contributed by atoms with van der Waals surface area (Å²) in [5.41, 5.74) is 1.54. The molecule has 0 unspecified atom stereocenters. The van der Waals surface area contributed by atoms with E-state index in [0.29, 0.717) is 11.4 Å². The largest absolute Gasteiger partial charge is 0.465 e. The Labute approximate surface area is 115 Å². The maximum absolute atomic E-state index is 11.4. The standard InChI is InChI=1S/C13H15N3O2S/c1-4-10-8(2)19-13(15-10)16-11-7-9(5-6-14-11)12(17)18-3/h5-7H,4H2,1-3H3,(H,14,15,16). The number of esters is 1. The molecule has 0 amide bonds. The molecule has 0 aliphatic rings. The average molecular weight is 277 g/mol. The lowest BCUT2D eigenvalue weighted by Crippen LogP contribution is -2.03. The number of aromatic nitrogens is 2. The summed E-state index contributed by atoms with van der Waals surface area (Å²) in [7, 11) is 1.35. The zero-order valence-electron chi connectivity index (χ0n) is 11.1. The summed E-state index contributed by atoms with van der Waals surface area (Å²) in [5, 5.41) is 3.89. The molecule has 0 fully saturated rings. The molecule has 0 aromatic carbocycles. The molecule has 2 aromatic rings. The van der Waals surface area contributed by atoms with Gasteiger partial charge >= 0.3 is 5.97 Å². The van der Waals surface area contributed by atoms with Crippen LogP contribution in [0.2, 0.25) is 0 Å². The molecule has 2 rings (SSSR count). The Balaban J connectivity index is 2.20. The summed E-state index contributed by atoms with van der Waals surface area (Å²) in [6.45, 7) is 4.11. The number of nitrogens with one attached hydrogen (secondary N) is 1. The normalized spacial score (nSPS) is 10.3. The second-order valence-corrected chi connectivity index (χ2v) is 5.12. The van der Waals surface area contributed by atoms with Crippen molar-refractivity contribution in [1.82, 2.24) is 9.97 Å². The van der Waals surface area contributed by atoms with Gasteiger partial charge in [-0.25, -0.2) is 14.8 Å². The number of rotatable bonds is 4. The molecule has 5 nitrogen and oxygen atoms in total. The first-order valence-corrected chi connectivity index (χ1v) is 6.73. The number of methoxy groups -OCH3 is 1. The highest BCUT2D eigenvalue weighted by Crippen LogP contribution is 2.25. The number of ether oxygens (including phenoxy) is 1. The molecular formula is C13H15N3O2S. The fourth-order valence-corrected chi connectivity index (χ4v) is 2.57. The average Bonchev–Trinajstić information content (AvgIpc) is 2.78. The highest BCUT2D eigenvalue weighted by atomic mass is 32.1. The maximum atomic E-state index is 11.4. The van der Waals surface area contributed by atoms with E-state index >= 15 is 0 Å². The molecule has 19 heavy (non-hydrogen) atoms. The molecule has 6 heteroatoms. The van der Waals surface area contributed by atoms with Gasteiger partial charge in [-0.05, 0) is 25.5 Å². The van der Waals surface area contributed by atoms with Crippen LogP contribution in [-0.4, -0.2) is 23.0 Å². The van der Waals surface area contributed by atoms with Crippen LogP contribution in [0.3, 0.4) is 0 Å². The van der Waals surface area contributed by atoms with Gasteiger partial charge in [-0.2, -0.15) is 0 Å². The van der Waals surface area contributed by atoms with Crippen LogP contribution < -0.4 is 5.32 Å². The van der Waals surface area contributed by atoms with Gasteiger partial charge in [0.2, 0.25) is 0 Å². The molecule has 0 aliphatic carbocycles. The van der Waals surface area contributed by atoms with E-state index in [1.54, 1.807) is 29.7 Å². The van der Waals surface area contributed by atoms with E-state index in [4.69, 9.17) is 0 Å². The van der Waals surface area contributed by atoms with E-state index in [9.17, 15) is 4.79 Å². The van der Waals surface area contributed by atoms with Crippen LogP contribution in [0.5, 0.6) is 0 Å². The van der Waals surface area contributed by atoms with Gasteiger partial charge < -0.3 is 10.1 Å². The first-order chi connectivity index (χ1) is 9.13. The molecule has 2 heterocycles. The number of nitrogens with zero attached hydrogens (tertiary/aromatic N) is 2. The zero-order valence-corrected chi connectivity index (χ0v) is 11.9. The van der Waals surface area contributed by atoms with Crippen molar-refractivity contribution in [2.75, 3.05) is 12.4 Å². The van der Waals surface area contributed by atoms with Gasteiger partial charge in [0, 0.05) is 11.1 Å². The Hall–Kier alpha value is -1.95. The number of thiazole rings is 1. The third-order valence-corrected chi connectivity index (χ3v) is 3.57. The molecule has 0 spiro atoms. The number of carbonyl (C=O) groups is 1. The Kier molecular flexibility index (Phi) is 4.11. The van der Waals surface area contributed by atoms with Crippen LogP contribution in [0.1, 0.15) is 27.9 Å². The number of anilines is 2. The van der Waals surface area contributed by atoms with Crippen molar-refractivity contribution in [2.24, 2.45) is 0 Å². The second-order valence-electron chi connectivity index (χ2n) is 3.92. The quantitative estimate of drug-likeness (QED) is 0.870. The molecule has 0 saturated carbocycles. The maximum Gasteiger partial charge on any atom is 0.338 e. The van der Waals surface area contributed by atoms with E-state index in [0.717, 1.165) is 17.2 Å². The monoisotopic (exact) mass is 277 g/mol. The highest BCUT2D eigenvalue weighted by Gasteiger charge is 2.09. The van der Waals surface area contributed by atoms with Gasteiger partial charge in [0.05, 0.1) is 18.4 Å². The zero-order chi connectivity index (χ0) is 13.8. The molecular weight excluding hydrogens is 262 g/mol. The molecule has 0 saturated heterocycles. The minimum absolute atomic E-state index is 0.380. The van der Waals surface area contributed by atoms with Crippen molar-refractivity contribution < 1.29 is 9.53 Å². The van der Waals surface area contributed by atoms with E-state index in [1.807, 2.05) is 6.92 Å². The summed E-state index contributed by atoms with van der Waals surface area (Å²) in [6, 6.07) is 3.26. The molecule has 1 N–H and O–H groups in total. The summed E-state index contributed by atoms with van der Waals surface area (Å²) in [4.78, 5) is 21.3. The van der Waals surface area contributed by atoms with Crippen molar-refractivity contribution in [3.05, 3.63) is 34.5 Å². The van der Waals surface area contributed by atoms with Crippen LogP contribution in [0, 0.1) is 6.92 Å². The molecule has 0 bridgehead atoms. The number of hydrogen-bond acceptors (Lipinski definition) is 6. The molecule has 0 radical (unpaired) electrons. The van der Waals surface area contributed by atoms with Gasteiger partial charge in [0.25, 0.3) is 0 Å².